The molecule has 1 aliphatic heterocycles. The number of carbonyl (C=O) groups excluding carboxylic acids is 2. The van der Waals surface area contributed by atoms with Gasteiger partial charge in [-0.3, -0.25) is 4.79 Å². The molecule has 3 amide bonds. The topological polar surface area (TPSA) is 90.1 Å². The minimum absolute atomic E-state index is 0.0418. The smallest absolute Gasteiger partial charge is 0.321 e. The molecule has 0 spiro atoms. The van der Waals surface area contributed by atoms with E-state index in [9.17, 15) is 9.59 Å². The number of benzene rings is 2. The second kappa shape index (κ2) is 8.98. The van der Waals surface area contributed by atoms with Gasteiger partial charge in [-0.05, 0) is 62.4 Å². The molecule has 0 unspecified atom stereocenters. The van der Waals surface area contributed by atoms with E-state index in [-0.39, 0.29) is 11.9 Å². The van der Waals surface area contributed by atoms with Crippen LogP contribution in [0.15, 0.2) is 48.8 Å². The number of carbonyl (C=O) groups is 2. The quantitative estimate of drug-likeness (QED) is 0.601. The third-order valence-electron chi connectivity index (χ3n) is 5.73. The van der Waals surface area contributed by atoms with Crippen LogP contribution in [0.4, 0.5) is 10.5 Å². The highest BCUT2D eigenvalue weighted by molar-refractivity contribution is 5.97. The van der Waals surface area contributed by atoms with E-state index in [0.29, 0.717) is 18.0 Å². The number of aromatic amines is 1. The fourth-order valence-corrected chi connectivity index (χ4v) is 3.83. The van der Waals surface area contributed by atoms with Gasteiger partial charge in [-0.25, -0.2) is 9.78 Å². The Morgan fingerprint density at radius 2 is 1.90 bits per heavy atom. The number of likely N-dealkylation sites (tertiary alicyclic amines) is 1. The number of hydrogen-bond donors (Lipinski definition) is 3. The Hall–Kier alpha value is -3.35. The zero-order chi connectivity index (χ0) is 20.9. The Morgan fingerprint density at radius 1 is 1.13 bits per heavy atom. The second-order valence-electron chi connectivity index (χ2n) is 7.91. The van der Waals surface area contributed by atoms with Gasteiger partial charge in [0.2, 0.25) is 0 Å². The number of amides is 3. The Balaban J connectivity index is 1.18. The summed E-state index contributed by atoms with van der Waals surface area (Å²) < 4.78 is 0. The molecule has 1 saturated heterocycles. The number of hydrogen-bond acceptors (Lipinski definition) is 3. The first-order valence-electron chi connectivity index (χ1n) is 10.4. The molecular weight excluding hydrogens is 378 g/mol. The summed E-state index contributed by atoms with van der Waals surface area (Å²) in [5.41, 5.74) is 4.34. The van der Waals surface area contributed by atoms with Crippen molar-refractivity contribution >= 4 is 28.7 Å². The summed E-state index contributed by atoms with van der Waals surface area (Å²) in [6, 6.07) is 13.2. The SMILES string of the molecule is Cc1ccc(NC(=O)N2CCC(CCNC(=O)c3ccc4nc[nH]c4c3)CC2)cc1. The van der Waals surface area contributed by atoms with Crippen LogP contribution >= 0.6 is 0 Å². The summed E-state index contributed by atoms with van der Waals surface area (Å²) in [7, 11) is 0. The van der Waals surface area contributed by atoms with E-state index < -0.39 is 0 Å². The minimum Gasteiger partial charge on any atom is -0.352 e. The predicted octanol–water partition coefficient (Wildman–Crippen LogP) is 3.94. The molecule has 4 rings (SSSR count). The number of H-pyrrole nitrogens is 1. The minimum atomic E-state index is -0.0681. The van der Waals surface area contributed by atoms with Crippen LogP contribution in [0.5, 0.6) is 0 Å². The molecule has 1 aliphatic rings. The first kappa shape index (κ1) is 19.9. The van der Waals surface area contributed by atoms with E-state index in [0.717, 1.165) is 49.1 Å². The average molecular weight is 406 g/mol. The third-order valence-corrected chi connectivity index (χ3v) is 5.73. The second-order valence-corrected chi connectivity index (χ2v) is 7.91. The van der Waals surface area contributed by atoms with Crippen LogP contribution in [0.25, 0.3) is 11.0 Å². The summed E-state index contributed by atoms with van der Waals surface area (Å²) in [5.74, 6) is 0.449. The number of rotatable bonds is 5. The molecule has 0 radical (unpaired) electrons. The number of piperidine rings is 1. The van der Waals surface area contributed by atoms with Crippen LogP contribution < -0.4 is 10.6 Å². The Labute approximate surface area is 175 Å². The van der Waals surface area contributed by atoms with Crippen LogP contribution in [0.2, 0.25) is 0 Å². The molecule has 1 fully saturated rings. The summed E-state index contributed by atoms with van der Waals surface area (Å²) in [6.07, 6.45) is 4.46. The predicted molar refractivity (Wildman–Crippen MR) is 118 cm³/mol. The molecule has 30 heavy (non-hydrogen) atoms. The van der Waals surface area contributed by atoms with Crippen molar-refractivity contribution < 1.29 is 9.59 Å². The third kappa shape index (κ3) is 4.79. The highest BCUT2D eigenvalue weighted by atomic mass is 16.2. The Bertz CT molecular complexity index is 1020. The van der Waals surface area contributed by atoms with E-state index in [2.05, 4.69) is 20.6 Å². The number of aromatic nitrogens is 2. The van der Waals surface area contributed by atoms with Gasteiger partial charge in [-0.15, -0.1) is 0 Å². The number of nitrogens with one attached hydrogen (secondary N) is 3. The molecule has 3 aromatic rings. The normalized spacial score (nSPS) is 14.6. The van der Waals surface area contributed by atoms with Crippen LogP contribution in [0.1, 0.15) is 35.2 Å². The van der Waals surface area contributed by atoms with Gasteiger partial charge in [0, 0.05) is 30.9 Å². The lowest BCUT2D eigenvalue weighted by molar-refractivity contribution is 0.0949. The molecule has 3 N–H and O–H groups in total. The molecule has 1 aromatic heterocycles. The van der Waals surface area contributed by atoms with Crippen molar-refractivity contribution in [2.75, 3.05) is 25.0 Å². The lowest BCUT2D eigenvalue weighted by Crippen LogP contribution is -2.41. The van der Waals surface area contributed by atoms with Gasteiger partial charge >= 0.3 is 6.03 Å². The zero-order valence-corrected chi connectivity index (χ0v) is 17.1. The van der Waals surface area contributed by atoms with Crippen LogP contribution in [-0.4, -0.2) is 46.4 Å². The lowest BCUT2D eigenvalue weighted by Gasteiger charge is -2.32. The zero-order valence-electron chi connectivity index (χ0n) is 17.1. The summed E-state index contributed by atoms with van der Waals surface area (Å²) in [6.45, 7) is 4.15. The molecule has 2 aromatic carbocycles. The number of anilines is 1. The lowest BCUT2D eigenvalue weighted by atomic mass is 9.93. The van der Waals surface area contributed by atoms with Crippen molar-refractivity contribution in [1.82, 2.24) is 20.2 Å². The van der Waals surface area contributed by atoms with Gasteiger partial charge < -0.3 is 20.5 Å². The molecule has 7 heteroatoms. The van der Waals surface area contributed by atoms with E-state index in [1.165, 1.54) is 5.56 Å². The van der Waals surface area contributed by atoms with Crippen LogP contribution in [0, 0.1) is 12.8 Å². The number of urea groups is 1. The van der Waals surface area contributed by atoms with Crippen molar-refractivity contribution in [2.45, 2.75) is 26.2 Å². The largest absolute Gasteiger partial charge is 0.352 e. The van der Waals surface area contributed by atoms with Crippen molar-refractivity contribution in [2.24, 2.45) is 5.92 Å². The van der Waals surface area contributed by atoms with Gasteiger partial charge in [0.25, 0.3) is 5.91 Å². The monoisotopic (exact) mass is 405 g/mol. The van der Waals surface area contributed by atoms with Crippen molar-refractivity contribution in [1.29, 1.82) is 0 Å². The van der Waals surface area contributed by atoms with E-state index in [1.54, 1.807) is 12.4 Å². The molecule has 0 aliphatic carbocycles. The number of aryl methyl sites for hydroxylation is 1. The van der Waals surface area contributed by atoms with Crippen molar-refractivity contribution in [3.8, 4) is 0 Å². The van der Waals surface area contributed by atoms with Crippen LogP contribution in [-0.2, 0) is 0 Å². The standard InChI is InChI=1S/C23H27N5O2/c1-16-2-5-19(6-3-16)27-23(30)28-12-9-17(10-13-28)8-11-24-22(29)18-4-7-20-21(14-18)26-15-25-20/h2-7,14-15,17H,8-13H2,1H3,(H,24,29)(H,25,26)(H,27,30). The summed E-state index contributed by atoms with van der Waals surface area (Å²) >= 11 is 0. The maximum absolute atomic E-state index is 12.4. The number of imidazole rings is 1. The number of nitrogens with zero attached hydrogens (tertiary/aromatic N) is 2. The Kier molecular flexibility index (Phi) is 5.97. The van der Waals surface area contributed by atoms with Gasteiger partial charge in [0.1, 0.15) is 0 Å². The summed E-state index contributed by atoms with van der Waals surface area (Å²) in [5, 5.41) is 5.97. The molecule has 0 bridgehead atoms. The van der Waals surface area contributed by atoms with Crippen molar-refractivity contribution in [3.63, 3.8) is 0 Å². The molecule has 0 atom stereocenters. The first-order valence-corrected chi connectivity index (χ1v) is 10.4. The molecule has 2 heterocycles. The fourth-order valence-electron chi connectivity index (χ4n) is 3.83. The maximum Gasteiger partial charge on any atom is 0.321 e. The molecule has 156 valence electrons. The fraction of sp³-hybridized carbons (Fsp3) is 0.348. The van der Waals surface area contributed by atoms with E-state index in [1.807, 2.05) is 48.2 Å². The molecular formula is C23H27N5O2. The van der Waals surface area contributed by atoms with E-state index >= 15 is 0 Å². The molecule has 7 nitrogen and oxygen atoms in total. The molecule has 0 saturated carbocycles. The van der Waals surface area contributed by atoms with Crippen molar-refractivity contribution in [3.05, 3.63) is 59.9 Å². The first-order chi connectivity index (χ1) is 14.6. The van der Waals surface area contributed by atoms with Crippen LogP contribution in [0.3, 0.4) is 0 Å². The van der Waals surface area contributed by atoms with Gasteiger partial charge in [0.15, 0.2) is 0 Å². The maximum atomic E-state index is 12.4. The van der Waals surface area contributed by atoms with Gasteiger partial charge in [-0.2, -0.15) is 0 Å². The number of fused-ring (bicyclic) bond motifs is 1. The van der Waals surface area contributed by atoms with Gasteiger partial charge in [0.05, 0.1) is 17.4 Å². The highest BCUT2D eigenvalue weighted by Gasteiger charge is 2.22. The summed E-state index contributed by atoms with van der Waals surface area (Å²) in [4.78, 5) is 33.9. The average Bonchev–Trinajstić information content (AvgIpc) is 3.23. The Morgan fingerprint density at radius 3 is 2.67 bits per heavy atom. The van der Waals surface area contributed by atoms with E-state index in [4.69, 9.17) is 0 Å². The van der Waals surface area contributed by atoms with Gasteiger partial charge in [-0.1, -0.05) is 17.7 Å². The highest BCUT2D eigenvalue weighted by Crippen LogP contribution is 2.21.